The number of piperidine rings is 1. The highest BCUT2D eigenvalue weighted by atomic mass is 32.2. The molecule has 9 heteroatoms. The lowest BCUT2D eigenvalue weighted by Crippen LogP contribution is -2.40. The van der Waals surface area contributed by atoms with Crippen LogP contribution >= 0.6 is 0 Å². The third-order valence-corrected chi connectivity index (χ3v) is 5.42. The van der Waals surface area contributed by atoms with Crippen molar-refractivity contribution in [3.63, 3.8) is 0 Å². The Bertz CT molecular complexity index is 794. The first kappa shape index (κ1) is 16.6. The van der Waals surface area contributed by atoms with Crippen LogP contribution in [0.1, 0.15) is 12.8 Å². The zero-order valence-electron chi connectivity index (χ0n) is 13.3. The first-order chi connectivity index (χ1) is 11.4. The number of carbonyl (C=O) groups is 1. The molecule has 0 bridgehead atoms. The van der Waals surface area contributed by atoms with Crippen LogP contribution in [0.4, 0.5) is 5.69 Å². The van der Waals surface area contributed by atoms with Crippen LogP contribution in [0.3, 0.4) is 0 Å². The van der Waals surface area contributed by atoms with E-state index >= 15 is 0 Å². The van der Waals surface area contributed by atoms with Crippen LogP contribution in [0.5, 0.6) is 0 Å². The average Bonchev–Trinajstić information content (AvgIpc) is 3.09. The summed E-state index contributed by atoms with van der Waals surface area (Å²) in [5.74, 6) is -0.241. The molecule has 1 aliphatic heterocycles. The van der Waals surface area contributed by atoms with E-state index in [2.05, 4.69) is 15.4 Å². The fourth-order valence-electron chi connectivity index (χ4n) is 2.73. The van der Waals surface area contributed by atoms with Crippen molar-refractivity contribution in [2.24, 2.45) is 5.92 Å². The van der Waals surface area contributed by atoms with Crippen molar-refractivity contribution >= 4 is 21.6 Å². The number of rotatable bonds is 4. The Balaban J connectivity index is 1.58. The van der Waals surface area contributed by atoms with Gasteiger partial charge in [-0.15, -0.1) is 0 Å². The van der Waals surface area contributed by atoms with Gasteiger partial charge in [0.1, 0.15) is 12.7 Å². The van der Waals surface area contributed by atoms with E-state index in [1.807, 2.05) is 12.1 Å². The third kappa shape index (κ3) is 3.80. The van der Waals surface area contributed by atoms with Crippen molar-refractivity contribution in [1.82, 2.24) is 19.1 Å². The second-order valence-electron chi connectivity index (χ2n) is 5.81. The lowest BCUT2D eigenvalue weighted by molar-refractivity contribution is -0.120. The van der Waals surface area contributed by atoms with Gasteiger partial charge in [-0.3, -0.25) is 4.79 Å². The number of nitrogens with zero attached hydrogens (tertiary/aromatic N) is 4. The van der Waals surface area contributed by atoms with Gasteiger partial charge in [-0.2, -0.15) is 5.10 Å². The van der Waals surface area contributed by atoms with E-state index in [1.165, 1.54) is 16.9 Å². The van der Waals surface area contributed by atoms with Crippen LogP contribution in [0.25, 0.3) is 5.69 Å². The van der Waals surface area contributed by atoms with Crippen molar-refractivity contribution in [1.29, 1.82) is 0 Å². The Labute approximate surface area is 140 Å². The lowest BCUT2D eigenvalue weighted by Gasteiger charge is -2.29. The topological polar surface area (TPSA) is 97.2 Å². The predicted molar refractivity (Wildman–Crippen MR) is 89.1 cm³/mol. The molecule has 24 heavy (non-hydrogen) atoms. The van der Waals surface area contributed by atoms with Crippen molar-refractivity contribution in [3.8, 4) is 5.69 Å². The predicted octanol–water partition coefficient (Wildman–Crippen LogP) is 0.877. The van der Waals surface area contributed by atoms with Crippen LogP contribution < -0.4 is 5.32 Å². The largest absolute Gasteiger partial charge is 0.326 e. The van der Waals surface area contributed by atoms with Gasteiger partial charge >= 0.3 is 0 Å². The summed E-state index contributed by atoms with van der Waals surface area (Å²) in [4.78, 5) is 16.2. The summed E-state index contributed by atoms with van der Waals surface area (Å²) < 4.78 is 26.0. The highest BCUT2D eigenvalue weighted by Crippen LogP contribution is 2.21. The highest BCUT2D eigenvalue weighted by molar-refractivity contribution is 7.88. The van der Waals surface area contributed by atoms with Gasteiger partial charge in [0.2, 0.25) is 15.9 Å². The van der Waals surface area contributed by atoms with Gasteiger partial charge in [0.25, 0.3) is 0 Å². The van der Waals surface area contributed by atoms with Crippen LogP contribution in [0.2, 0.25) is 0 Å². The van der Waals surface area contributed by atoms with Gasteiger partial charge in [0, 0.05) is 24.7 Å². The quantitative estimate of drug-likeness (QED) is 0.884. The van der Waals surface area contributed by atoms with E-state index in [-0.39, 0.29) is 11.8 Å². The Kier molecular flexibility index (Phi) is 4.63. The van der Waals surface area contributed by atoms with Gasteiger partial charge in [-0.25, -0.2) is 22.4 Å². The molecule has 128 valence electrons. The highest BCUT2D eigenvalue weighted by Gasteiger charge is 2.28. The summed E-state index contributed by atoms with van der Waals surface area (Å²) in [5, 5.41) is 6.93. The lowest BCUT2D eigenvalue weighted by atomic mass is 9.97. The summed E-state index contributed by atoms with van der Waals surface area (Å²) in [7, 11) is -3.17. The number of carbonyl (C=O) groups excluding carboxylic acids is 1. The number of benzene rings is 1. The molecule has 0 radical (unpaired) electrons. The maximum absolute atomic E-state index is 12.3. The van der Waals surface area contributed by atoms with E-state index in [1.54, 1.807) is 23.1 Å². The molecule has 2 aromatic rings. The Hall–Kier alpha value is -2.26. The van der Waals surface area contributed by atoms with Gasteiger partial charge in [0.05, 0.1) is 11.9 Å². The maximum Gasteiger partial charge on any atom is 0.227 e. The molecule has 1 aliphatic rings. The number of aromatic nitrogens is 3. The number of amides is 1. The molecule has 8 nitrogen and oxygen atoms in total. The van der Waals surface area contributed by atoms with Gasteiger partial charge < -0.3 is 5.32 Å². The summed E-state index contributed by atoms with van der Waals surface area (Å²) in [5.41, 5.74) is 1.56. The number of nitrogens with one attached hydrogen (secondary N) is 1. The molecule has 1 saturated heterocycles. The molecule has 3 rings (SSSR count). The SMILES string of the molecule is CS(=O)(=O)N1CCC(C(=O)Nc2ccc(-n3cncn3)cc2)CC1. The molecule has 0 spiro atoms. The Morgan fingerprint density at radius 1 is 1.21 bits per heavy atom. The summed E-state index contributed by atoms with van der Waals surface area (Å²) >= 11 is 0. The molecule has 1 aromatic heterocycles. The van der Waals surface area contributed by atoms with E-state index in [0.717, 1.165) is 5.69 Å². The van der Waals surface area contributed by atoms with E-state index in [0.29, 0.717) is 31.6 Å². The fraction of sp³-hybridized carbons (Fsp3) is 0.400. The standard InChI is InChI=1S/C15H19N5O3S/c1-24(22,23)19-8-6-12(7-9-19)15(21)18-13-2-4-14(5-3-13)20-11-16-10-17-20/h2-5,10-12H,6-9H2,1H3,(H,18,21). The number of hydrogen-bond donors (Lipinski definition) is 1. The number of sulfonamides is 1. The molecule has 0 unspecified atom stereocenters. The second kappa shape index (κ2) is 6.70. The summed E-state index contributed by atoms with van der Waals surface area (Å²) in [6.45, 7) is 0.782. The Morgan fingerprint density at radius 2 is 1.88 bits per heavy atom. The second-order valence-corrected chi connectivity index (χ2v) is 7.79. The van der Waals surface area contributed by atoms with Crippen molar-refractivity contribution in [2.45, 2.75) is 12.8 Å². The Morgan fingerprint density at radius 3 is 2.42 bits per heavy atom. The maximum atomic E-state index is 12.3. The van der Waals surface area contributed by atoms with E-state index < -0.39 is 10.0 Å². The molecule has 0 saturated carbocycles. The number of hydrogen-bond acceptors (Lipinski definition) is 5. The molecule has 1 N–H and O–H groups in total. The molecule has 0 aliphatic carbocycles. The van der Waals surface area contributed by atoms with Gasteiger partial charge in [-0.05, 0) is 37.1 Å². The van der Waals surface area contributed by atoms with Crippen LogP contribution in [0.15, 0.2) is 36.9 Å². The molecule has 1 fully saturated rings. The zero-order valence-corrected chi connectivity index (χ0v) is 14.1. The van der Waals surface area contributed by atoms with Crippen molar-refractivity contribution < 1.29 is 13.2 Å². The monoisotopic (exact) mass is 349 g/mol. The summed E-state index contributed by atoms with van der Waals surface area (Å²) in [6.07, 6.45) is 5.33. The first-order valence-corrected chi connectivity index (χ1v) is 9.49. The van der Waals surface area contributed by atoms with Crippen LogP contribution in [-0.4, -0.2) is 52.7 Å². The third-order valence-electron chi connectivity index (χ3n) is 4.11. The molecule has 1 amide bonds. The minimum Gasteiger partial charge on any atom is -0.326 e. The molecular formula is C15H19N5O3S. The van der Waals surface area contributed by atoms with Crippen LogP contribution in [0, 0.1) is 5.92 Å². The van der Waals surface area contributed by atoms with Gasteiger partial charge in [-0.1, -0.05) is 0 Å². The van der Waals surface area contributed by atoms with Crippen molar-refractivity contribution in [3.05, 3.63) is 36.9 Å². The smallest absolute Gasteiger partial charge is 0.227 e. The first-order valence-electron chi connectivity index (χ1n) is 7.64. The summed E-state index contributed by atoms with van der Waals surface area (Å²) in [6, 6.07) is 7.30. The zero-order chi connectivity index (χ0) is 17.2. The normalized spacial score (nSPS) is 16.9. The fourth-order valence-corrected chi connectivity index (χ4v) is 3.61. The molecule has 1 aromatic carbocycles. The van der Waals surface area contributed by atoms with Gasteiger partial charge in [0.15, 0.2) is 0 Å². The minimum absolute atomic E-state index is 0.0725. The molecular weight excluding hydrogens is 330 g/mol. The minimum atomic E-state index is -3.17. The van der Waals surface area contributed by atoms with E-state index in [9.17, 15) is 13.2 Å². The molecule has 2 heterocycles. The molecule has 0 atom stereocenters. The van der Waals surface area contributed by atoms with E-state index in [4.69, 9.17) is 0 Å². The average molecular weight is 349 g/mol. The van der Waals surface area contributed by atoms with Crippen molar-refractivity contribution in [2.75, 3.05) is 24.7 Å². The number of anilines is 1. The van der Waals surface area contributed by atoms with Crippen LogP contribution in [-0.2, 0) is 14.8 Å².